The summed E-state index contributed by atoms with van der Waals surface area (Å²) in [4.78, 5) is 43.0. The second-order valence-electron chi connectivity index (χ2n) is 9.63. The normalized spacial score (nSPS) is 14.7. The summed E-state index contributed by atoms with van der Waals surface area (Å²) in [5, 5.41) is 24.6. The van der Waals surface area contributed by atoms with Gasteiger partial charge >= 0.3 is 5.97 Å². The first kappa shape index (κ1) is 26.0. The molecule has 39 heavy (non-hydrogen) atoms. The van der Waals surface area contributed by atoms with Crippen LogP contribution in [0.25, 0.3) is 22.5 Å². The molecule has 2 aromatic carbocycles. The lowest BCUT2D eigenvalue weighted by atomic mass is 9.98. The highest BCUT2D eigenvalue weighted by Gasteiger charge is 2.40. The van der Waals surface area contributed by atoms with E-state index in [4.69, 9.17) is 4.98 Å². The van der Waals surface area contributed by atoms with Gasteiger partial charge in [0, 0.05) is 31.5 Å². The molecule has 0 fully saturated rings. The molecule has 0 saturated carbocycles. The quantitative estimate of drug-likeness (QED) is 0.315. The van der Waals surface area contributed by atoms with Gasteiger partial charge in [0.2, 0.25) is 11.7 Å². The van der Waals surface area contributed by atoms with Gasteiger partial charge in [-0.05, 0) is 35.2 Å². The van der Waals surface area contributed by atoms with Crippen molar-refractivity contribution in [2.45, 2.75) is 52.1 Å². The summed E-state index contributed by atoms with van der Waals surface area (Å²) < 4.78 is 1.94. The number of aryl methyl sites for hydroxylation is 1. The highest BCUT2D eigenvalue weighted by molar-refractivity contribution is 5.98. The number of ketones is 1. The molecule has 3 heterocycles. The molecule has 1 atom stereocenters. The van der Waals surface area contributed by atoms with Crippen molar-refractivity contribution in [3.05, 3.63) is 71.3 Å². The van der Waals surface area contributed by atoms with Crippen molar-refractivity contribution in [3.63, 3.8) is 0 Å². The number of aromatic nitrogens is 6. The Morgan fingerprint density at radius 2 is 1.82 bits per heavy atom. The number of nitrogens with one attached hydrogen (secondary N) is 1. The van der Waals surface area contributed by atoms with Gasteiger partial charge in [-0.3, -0.25) is 9.59 Å². The third-order valence-electron chi connectivity index (χ3n) is 6.87. The van der Waals surface area contributed by atoms with E-state index in [1.54, 1.807) is 0 Å². The molecule has 0 saturated heterocycles. The summed E-state index contributed by atoms with van der Waals surface area (Å²) in [5.74, 6) is -0.606. The summed E-state index contributed by atoms with van der Waals surface area (Å²) >= 11 is 0. The van der Waals surface area contributed by atoms with Gasteiger partial charge in [0.25, 0.3) is 0 Å². The van der Waals surface area contributed by atoms with Gasteiger partial charge in [0.15, 0.2) is 6.04 Å². The van der Waals surface area contributed by atoms with Crippen LogP contribution in [0.3, 0.4) is 0 Å². The van der Waals surface area contributed by atoms with Crippen molar-refractivity contribution in [2.24, 2.45) is 0 Å². The molecule has 1 unspecified atom stereocenters. The van der Waals surface area contributed by atoms with E-state index >= 15 is 0 Å². The van der Waals surface area contributed by atoms with E-state index < -0.39 is 17.9 Å². The van der Waals surface area contributed by atoms with E-state index in [-0.39, 0.29) is 18.7 Å². The van der Waals surface area contributed by atoms with Gasteiger partial charge in [0.05, 0.1) is 17.8 Å². The first-order chi connectivity index (χ1) is 18.9. The molecule has 1 aliphatic rings. The molecule has 200 valence electrons. The minimum Gasteiger partial charge on any atom is -0.479 e. The van der Waals surface area contributed by atoms with Crippen molar-refractivity contribution in [1.82, 2.24) is 35.1 Å². The summed E-state index contributed by atoms with van der Waals surface area (Å²) in [6.45, 7) is 4.00. The number of carbonyl (C=O) groups excluding carboxylic acids is 2. The van der Waals surface area contributed by atoms with Crippen molar-refractivity contribution in [2.75, 3.05) is 6.54 Å². The topological polar surface area (TPSA) is 147 Å². The number of tetrazole rings is 1. The molecule has 2 N–H and O–H groups in total. The Bertz CT molecular complexity index is 1510. The Labute approximate surface area is 224 Å². The number of rotatable bonds is 9. The Morgan fingerprint density at radius 3 is 2.46 bits per heavy atom. The lowest BCUT2D eigenvalue weighted by Crippen LogP contribution is -2.45. The zero-order chi connectivity index (χ0) is 27.5. The molecule has 1 amide bonds. The van der Waals surface area contributed by atoms with Crippen LogP contribution in [0.5, 0.6) is 0 Å². The highest BCUT2D eigenvalue weighted by Crippen LogP contribution is 2.34. The number of fused-ring (bicyclic) bond motifs is 1. The zero-order valence-corrected chi connectivity index (χ0v) is 21.8. The summed E-state index contributed by atoms with van der Waals surface area (Å²) in [6.07, 6.45) is 1.64. The third-order valence-corrected chi connectivity index (χ3v) is 6.87. The van der Waals surface area contributed by atoms with E-state index in [2.05, 4.69) is 20.6 Å². The predicted octanol–water partition coefficient (Wildman–Crippen LogP) is 3.22. The number of hydrogen-bond donors (Lipinski definition) is 2. The van der Waals surface area contributed by atoms with Crippen LogP contribution >= 0.6 is 0 Å². The number of carboxylic acid groups (broad SMARTS) is 1. The molecular formula is C28H29N7O4. The van der Waals surface area contributed by atoms with Crippen LogP contribution in [0.2, 0.25) is 0 Å². The first-order valence-corrected chi connectivity index (χ1v) is 12.9. The average molecular weight is 528 g/mol. The standard InChI is InChI=1S/C28H29N7O4/c1-3-6-23-29-22-13-14-34(24(37)15-17(2)36)26(28(38)39)25(22)35(23)16-18-9-11-19(12-10-18)20-7-4-5-8-21(20)27-30-32-33-31-27/h4-5,7-12,26H,3,6,13-16H2,1-2H3,(H,38,39)(H,30,31,32,33). The molecule has 0 radical (unpaired) electrons. The fourth-order valence-electron chi connectivity index (χ4n) is 5.16. The Morgan fingerprint density at radius 1 is 1.08 bits per heavy atom. The first-order valence-electron chi connectivity index (χ1n) is 12.9. The number of H-pyrrole nitrogens is 1. The second-order valence-corrected chi connectivity index (χ2v) is 9.63. The minimum atomic E-state index is -1.19. The molecular weight excluding hydrogens is 498 g/mol. The van der Waals surface area contributed by atoms with Gasteiger partial charge in [-0.1, -0.05) is 55.5 Å². The van der Waals surface area contributed by atoms with Gasteiger partial charge in [0.1, 0.15) is 11.6 Å². The van der Waals surface area contributed by atoms with Crippen LogP contribution in [0.15, 0.2) is 48.5 Å². The van der Waals surface area contributed by atoms with Gasteiger partial charge in [-0.25, -0.2) is 9.78 Å². The van der Waals surface area contributed by atoms with Crippen LogP contribution in [0.4, 0.5) is 0 Å². The summed E-state index contributed by atoms with van der Waals surface area (Å²) in [7, 11) is 0. The molecule has 0 aliphatic carbocycles. The number of aliphatic carboxylic acids is 1. The number of hydrogen-bond acceptors (Lipinski definition) is 7. The highest BCUT2D eigenvalue weighted by atomic mass is 16.4. The number of carboxylic acids is 1. The average Bonchev–Trinajstić information content (AvgIpc) is 3.57. The van der Waals surface area contributed by atoms with Gasteiger partial charge < -0.3 is 14.6 Å². The zero-order valence-electron chi connectivity index (χ0n) is 21.8. The van der Waals surface area contributed by atoms with Crippen molar-refractivity contribution >= 4 is 17.7 Å². The maximum atomic E-state index is 12.8. The minimum absolute atomic E-state index is 0.215. The molecule has 4 aromatic rings. The Kier molecular flexibility index (Phi) is 7.31. The molecule has 2 aromatic heterocycles. The van der Waals surface area contributed by atoms with E-state index in [1.807, 2.05) is 60.0 Å². The lowest BCUT2D eigenvalue weighted by molar-refractivity contribution is -0.152. The number of benzene rings is 2. The van der Waals surface area contributed by atoms with Gasteiger partial charge in [-0.15, -0.1) is 10.2 Å². The summed E-state index contributed by atoms with van der Waals surface area (Å²) in [5.41, 5.74) is 4.97. The number of imidazole rings is 1. The van der Waals surface area contributed by atoms with Crippen LogP contribution in [0.1, 0.15) is 55.5 Å². The fraction of sp³-hybridized carbons (Fsp3) is 0.321. The molecule has 11 heteroatoms. The number of aromatic amines is 1. The van der Waals surface area contributed by atoms with E-state index in [9.17, 15) is 19.5 Å². The van der Waals surface area contributed by atoms with Crippen LogP contribution in [0, 0.1) is 0 Å². The largest absolute Gasteiger partial charge is 0.479 e. The lowest BCUT2D eigenvalue weighted by Gasteiger charge is -2.33. The van der Waals surface area contributed by atoms with Crippen molar-refractivity contribution in [1.29, 1.82) is 0 Å². The van der Waals surface area contributed by atoms with E-state index in [0.29, 0.717) is 36.6 Å². The molecule has 0 bridgehead atoms. The van der Waals surface area contributed by atoms with E-state index in [1.165, 1.54) is 11.8 Å². The number of Topliss-reactive ketones (excluding diaryl/α,β-unsaturated/α-hetero) is 1. The van der Waals surface area contributed by atoms with Gasteiger partial charge in [-0.2, -0.15) is 5.21 Å². The maximum Gasteiger partial charge on any atom is 0.332 e. The number of carbonyl (C=O) groups is 3. The number of amides is 1. The van der Waals surface area contributed by atoms with Crippen LogP contribution in [-0.4, -0.2) is 64.4 Å². The second kappa shape index (κ2) is 11.0. The SMILES string of the molecule is CCCc1nc2c(n1Cc1ccc(-c3ccccc3-c3nn[nH]n3)cc1)C(C(=O)O)N(C(=O)CC(C)=O)CC2. The third kappa shape index (κ3) is 5.20. The van der Waals surface area contributed by atoms with Crippen LogP contribution in [-0.2, 0) is 33.8 Å². The Balaban J connectivity index is 1.49. The maximum absolute atomic E-state index is 12.8. The molecule has 5 rings (SSSR count). The fourth-order valence-corrected chi connectivity index (χ4v) is 5.16. The van der Waals surface area contributed by atoms with Crippen molar-refractivity contribution < 1.29 is 19.5 Å². The summed E-state index contributed by atoms with van der Waals surface area (Å²) in [6, 6.07) is 14.6. The molecule has 11 nitrogen and oxygen atoms in total. The van der Waals surface area contributed by atoms with Crippen molar-refractivity contribution in [3.8, 4) is 22.5 Å². The molecule has 1 aliphatic heterocycles. The molecule has 0 spiro atoms. The van der Waals surface area contributed by atoms with Crippen LogP contribution < -0.4 is 0 Å². The Hall–Kier alpha value is -4.67. The monoisotopic (exact) mass is 527 g/mol. The van der Waals surface area contributed by atoms with E-state index in [0.717, 1.165) is 34.5 Å². The predicted molar refractivity (Wildman–Crippen MR) is 141 cm³/mol. The smallest absolute Gasteiger partial charge is 0.332 e. The number of nitrogens with zero attached hydrogens (tertiary/aromatic N) is 6.